The molecule has 0 atom stereocenters. The summed E-state index contributed by atoms with van der Waals surface area (Å²) < 4.78 is 13.1. The topological polar surface area (TPSA) is 12.9 Å². The van der Waals surface area contributed by atoms with Gasteiger partial charge in [-0.25, -0.2) is 0 Å². The molecule has 0 radical (unpaired) electrons. The molecule has 1 aromatic heterocycles. The molecule has 0 aromatic carbocycles. The molecule has 0 saturated carbocycles. The van der Waals surface area contributed by atoms with Crippen molar-refractivity contribution in [2.75, 3.05) is 0 Å². The number of hydrogen-bond donors (Lipinski definition) is 0. The third-order valence-corrected chi connectivity index (χ3v) is 2.06. The van der Waals surface area contributed by atoms with E-state index in [2.05, 4.69) is 4.98 Å². The van der Waals surface area contributed by atoms with E-state index in [0.29, 0.717) is 0 Å². The number of halogens is 2. The van der Waals surface area contributed by atoms with Gasteiger partial charge in [-0.1, -0.05) is 0 Å². The first kappa shape index (κ1) is 9.18. The first-order valence-electron chi connectivity index (χ1n) is 2.22. The normalized spacial score (nSPS) is 8.33. The maximum atomic E-state index is 12.3. The van der Waals surface area contributed by atoms with E-state index in [4.69, 9.17) is 0 Å². The first-order valence-corrected chi connectivity index (χ1v) is 3.70. The van der Waals surface area contributed by atoms with Crippen LogP contribution in [0.2, 0.25) is 0 Å². The smallest absolute Gasteiger partial charge is 1.00 e. The van der Waals surface area contributed by atoms with Crippen LogP contribution in [0.4, 0.5) is 4.39 Å². The number of aromatic nitrogens is 1. The van der Waals surface area contributed by atoms with Crippen LogP contribution in [0.1, 0.15) is 0 Å². The molecule has 1 rings (SSSR count). The van der Waals surface area contributed by atoms with Crippen molar-refractivity contribution in [1.82, 2.24) is 4.98 Å². The van der Waals surface area contributed by atoms with E-state index in [9.17, 15) is 4.39 Å². The van der Waals surface area contributed by atoms with Crippen molar-refractivity contribution in [3.8, 4) is 0 Å². The second-order valence-corrected chi connectivity index (χ2v) is 3.07. The Morgan fingerprint density at radius 1 is 1.56 bits per heavy atom. The van der Waals surface area contributed by atoms with Gasteiger partial charge in [0.1, 0.15) is 0 Å². The van der Waals surface area contributed by atoms with Crippen molar-refractivity contribution in [2.45, 2.75) is 0 Å². The zero-order valence-electron chi connectivity index (χ0n) is 4.64. The van der Waals surface area contributed by atoms with Crippen molar-refractivity contribution in [1.29, 1.82) is 0 Å². The van der Waals surface area contributed by atoms with Gasteiger partial charge in [0, 0.05) is 0 Å². The second kappa shape index (κ2) is 4.07. The molecule has 0 N–H and O–H groups in total. The first-order chi connectivity index (χ1) is 3.80. The molecule has 0 spiro atoms. The predicted molar refractivity (Wildman–Crippen MR) is 23.8 cm³/mol. The maximum absolute atomic E-state index is 12.3. The molecule has 0 amide bonds. The molecular weight excluding hydrogens is 238 g/mol. The van der Waals surface area contributed by atoms with Crippen molar-refractivity contribution in [3.05, 3.63) is 24.3 Å². The van der Waals surface area contributed by atoms with Crippen LogP contribution in [0.25, 0.3) is 0 Å². The van der Waals surface area contributed by atoms with E-state index in [-0.39, 0.29) is 22.8 Å². The summed E-state index contributed by atoms with van der Waals surface area (Å²) in [4.78, 5) is 3.59. The Balaban J connectivity index is 0.000000640. The van der Waals surface area contributed by atoms with Crippen LogP contribution >= 0.6 is 0 Å². The van der Waals surface area contributed by atoms with Crippen LogP contribution in [-0.2, 0) is 18.3 Å². The van der Waals surface area contributed by atoms with Crippen LogP contribution in [-0.4, -0.2) is 4.98 Å². The van der Waals surface area contributed by atoms with E-state index in [0.717, 1.165) is 22.5 Å². The van der Waals surface area contributed by atoms with Gasteiger partial charge in [0.2, 0.25) is 0 Å². The van der Waals surface area contributed by atoms with Gasteiger partial charge in [0.15, 0.2) is 0 Å². The molecule has 1 heterocycles. The Morgan fingerprint density at radius 2 is 2.22 bits per heavy atom. The Labute approximate surface area is 73.1 Å². The average Bonchev–Trinajstić information content (AvgIpc) is 1.77. The summed E-state index contributed by atoms with van der Waals surface area (Å²) in [5.41, 5.74) is 0. The van der Waals surface area contributed by atoms with Crippen LogP contribution in [0.15, 0.2) is 18.5 Å². The van der Waals surface area contributed by atoms with Gasteiger partial charge in [-0.05, 0) is 0 Å². The Morgan fingerprint density at radius 3 is 2.56 bits per heavy atom. The van der Waals surface area contributed by atoms with Crippen molar-refractivity contribution in [3.63, 3.8) is 0 Å². The van der Waals surface area contributed by atoms with Gasteiger partial charge in [0.05, 0.1) is 0 Å². The summed E-state index contributed by atoms with van der Waals surface area (Å²) in [6.45, 7) is 0. The molecule has 0 bridgehead atoms. The number of hydrogen-bond acceptors (Lipinski definition) is 1. The molecule has 0 fully saturated rings. The van der Waals surface area contributed by atoms with Crippen molar-refractivity contribution >= 4 is 4.16 Å². The number of rotatable bonds is 0. The van der Waals surface area contributed by atoms with E-state index in [1.807, 2.05) is 0 Å². The van der Waals surface area contributed by atoms with Gasteiger partial charge in [0.25, 0.3) is 0 Å². The van der Waals surface area contributed by atoms with E-state index in [1.54, 1.807) is 12.3 Å². The third kappa shape index (κ3) is 2.50. The Bertz CT molecular complexity index is 173. The van der Waals surface area contributed by atoms with Crippen LogP contribution < -0.4 is 21.1 Å². The standard InChI is InChI=1S/C5H3FN.BrH.Zn/c6-5-2-1-3-7-4-5;;/h1,3-4H;1H;/q;;+1/p-1. The molecule has 1 aromatic rings. The molecule has 0 saturated heterocycles. The fourth-order valence-electron chi connectivity index (χ4n) is 0.404. The van der Waals surface area contributed by atoms with Gasteiger partial charge in [-0.15, -0.1) is 0 Å². The summed E-state index contributed by atoms with van der Waals surface area (Å²) in [5, 5.41) is 0. The minimum atomic E-state index is -0.187. The Hall–Kier alpha value is 0.183. The molecule has 0 aliphatic heterocycles. The zero-order chi connectivity index (χ0) is 5.98. The SMILES string of the molecule is Fc1cncc[c]1[Zn+].[Br-]. The molecular formula is C5H3BrFNZn. The zero-order valence-corrected chi connectivity index (χ0v) is 9.20. The monoisotopic (exact) mass is 239 g/mol. The van der Waals surface area contributed by atoms with Crippen LogP contribution in [0.5, 0.6) is 0 Å². The number of pyridine rings is 1. The van der Waals surface area contributed by atoms with Gasteiger partial charge < -0.3 is 17.0 Å². The molecule has 0 aliphatic rings. The third-order valence-electron chi connectivity index (χ3n) is 0.856. The quantitative estimate of drug-likeness (QED) is 0.454. The molecule has 0 aliphatic carbocycles. The minimum Gasteiger partial charge on any atom is -1.00 e. The molecule has 1 nitrogen and oxygen atoms in total. The van der Waals surface area contributed by atoms with Gasteiger partial charge in [-0.3, -0.25) is 0 Å². The molecule has 44 valence electrons. The summed E-state index contributed by atoms with van der Waals surface area (Å²) >= 11 is 0.856. The molecule has 0 unspecified atom stereocenters. The van der Waals surface area contributed by atoms with Crippen molar-refractivity contribution in [2.24, 2.45) is 0 Å². The summed E-state index contributed by atoms with van der Waals surface area (Å²) in [6, 6.07) is 1.69. The molecule has 9 heavy (non-hydrogen) atoms. The van der Waals surface area contributed by atoms with Crippen LogP contribution in [0.3, 0.4) is 0 Å². The maximum Gasteiger partial charge on any atom is -1.00 e. The fourth-order valence-corrected chi connectivity index (χ4v) is 0.817. The van der Waals surface area contributed by atoms with E-state index in [1.165, 1.54) is 6.20 Å². The van der Waals surface area contributed by atoms with Gasteiger partial charge in [-0.2, -0.15) is 0 Å². The fraction of sp³-hybridized carbons (Fsp3) is 0. The second-order valence-electron chi connectivity index (χ2n) is 1.47. The predicted octanol–water partition coefficient (Wildman–Crippen LogP) is -2.60. The largest absolute Gasteiger partial charge is 1.00 e. The minimum absolute atomic E-state index is 0. The molecule has 4 heteroatoms. The van der Waals surface area contributed by atoms with Gasteiger partial charge >= 0.3 is 56.1 Å². The Kier molecular flexibility index (Phi) is 4.15. The van der Waals surface area contributed by atoms with E-state index >= 15 is 0 Å². The van der Waals surface area contributed by atoms with Crippen molar-refractivity contribution < 1.29 is 39.7 Å². The van der Waals surface area contributed by atoms with Crippen LogP contribution in [0, 0.1) is 5.82 Å². The number of nitrogens with zero attached hydrogens (tertiary/aromatic N) is 1. The average molecular weight is 241 g/mol. The summed E-state index contributed by atoms with van der Waals surface area (Å²) in [5.74, 6) is -0.187. The summed E-state index contributed by atoms with van der Waals surface area (Å²) in [6.07, 6.45) is 2.83. The van der Waals surface area contributed by atoms with E-state index < -0.39 is 0 Å². The summed E-state index contributed by atoms with van der Waals surface area (Å²) in [7, 11) is 0.